The van der Waals surface area contributed by atoms with Gasteiger partial charge in [-0.2, -0.15) is 0 Å². The molecule has 2 aromatic rings. The van der Waals surface area contributed by atoms with E-state index in [0.717, 1.165) is 6.08 Å². The Bertz CT molecular complexity index is 1500. The second-order valence-corrected chi connectivity index (χ2v) is 11.4. The van der Waals surface area contributed by atoms with E-state index in [0.29, 0.717) is 24.0 Å². The molecule has 0 aromatic heterocycles. The molecule has 0 unspecified atom stereocenters. The summed E-state index contributed by atoms with van der Waals surface area (Å²) in [6.45, 7) is -0.406. The van der Waals surface area contributed by atoms with Crippen molar-refractivity contribution < 1.29 is 59.2 Å². The van der Waals surface area contributed by atoms with Crippen molar-refractivity contribution in [2.24, 2.45) is 5.92 Å². The molecule has 0 spiro atoms. The van der Waals surface area contributed by atoms with Gasteiger partial charge in [-0.25, -0.2) is 4.79 Å². The normalized spacial score (nSPS) is 30.1. The Morgan fingerprint density at radius 1 is 0.886 bits per heavy atom. The fourth-order valence-corrected chi connectivity index (χ4v) is 6.34. The number of benzene rings is 2. The number of aliphatic hydroxyl groups excluding tert-OH is 1. The van der Waals surface area contributed by atoms with Gasteiger partial charge in [0.15, 0.2) is 40.2 Å². The fraction of sp³-hybridized carbons (Fsp3) is 0.406. The van der Waals surface area contributed by atoms with E-state index in [4.69, 9.17) is 14.2 Å². The molecule has 1 aliphatic carbocycles. The maximum Gasteiger partial charge on any atom is 0.336 e. The minimum Gasteiger partial charge on any atom is -0.504 e. The predicted molar refractivity (Wildman–Crippen MR) is 154 cm³/mol. The van der Waals surface area contributed by atoms with Gasteiger partial charge in [-0.1, -0.05) is 24.3 Å². The third-order valence-corrected chi connectivity index (χ3v) is 8.64. The number of aromatic hydroxyl groups is 4. The number of phenolic OH excluding ortho intramolecular Hbond substituents is 4. The monoisotopic (exact) mass is 610 g/mol. The van der Waals surface area contributed by atoms with Crippen molar-refractivity contribution in [1.29, 1.82) is 0 Å². The lowest BCUT2D eigenvalue weighted by Crippen LogP contribution is -2.69. The number of fused-ring (bicyclic) bond motifs is 1. The number of hydrogen-bond acceptors (Lipinski definition) is 11. The lowest BCUT2D eigenvalue weighted by atomic mass is 9.65. The van der Waals surface area contributed by atoms with Crippen LogP contribution in [0.15, 0.2) is 48.6 Å². The summed E-state index contributed by atoms with van der Waals surface area (Å²) >= 11 is 0. The van der Waals surface area contributed by atoms with Crippen LogP contribution in [-0.4, -0.2) is 90.9 Å². The number of carboxylic acid groups (broad SMARTS) is 1. The van der Waals surface area contributed by atoms with E-state index >= 15 is 0 Å². The molecule has 2 saturated heterocycles. The number of carbonyl (C=O) groups excluding carboxylic acids is 2. The van der Waals surface area contributed by atoms with Crippen molar-refractivity contribution in [3.63, 3.8) is 0 Å². The van der Waals surface area contributed by atoms with Crippen molar-refractivity contribution in [3.8, 4) is 23.0 Å². The van der Waals surface area contributed by atoms with Gasteiger partial charge in [0.1, 0.15) is 18.3 Å². The van der Waals surface area contributed by atoms with Crippen molar-refractivity contribution in [1.82, 2.24) is 0 Å². The van der Waals surface area contributed by atoms with Crippen LogP contribution < -0.4 is 0 Å². The Morgan fingerprint density at radius 3 is 2.14 bits per heavy atom. The van der Waals surface area contributed by atoms with Crippen LogP contribution in [0.5, 0.6) is 23.0 Å². The first-order valence-electron chi connectivity index (χ1n) is 14.3. The van der Waals surface area contributed by atoms with Crippen LogP contribution in [-0.2, 0) is 28.6 Å². The summed E-state index contributed by atoms with van der Waals surface area (Å²) in [6.07, 6.45) is 2.82. The molecule has 2 aromatic carbocycles. The zero-order valence-electron chi connectivity index (χ0n) is 23.7. The smallest absolute Gasteiger partial charge is 0.336 e. The number of hydrogen-bond donors (Lipinski definition) is 6. The molecule has 1 saturated carbocycles. The first-order chi connectivity index (χ1) is 20.9. The number of aliphatic carboxylic acids is 1. The summed E-state index contributed by atoms with van der Waals surface area (Å²) in [7, 11) is 0. The molecule has 2 bridgehead atoms. The van der Waals surface area contributed by atoms with Gasteiger partial charge >= 0.3 is 5.97 Å². The first-order valence-corrected chi connectivity index (χ1v) is 14.3. The molecular formula is C32H34O12. The Morgan fingerprint density at radius 2 is 1.52 bits per heavy atom. The van der Waals surface area contributed by atoms with Crippen LogP contribution in [0.4, 0.5) is 0 Å². The van der Waals surface area contributed by atoms with Crippen molar-refractivity contribution in [2.75, 3.05) is 13.2 Å². The molecule has 3 fully saturated rings. The van der Waals surface area contributed by atoms with Crippen molar-refractivity contribution in [3.05, 3.63) is 59.7 Å². The highest BCUT2D eigenvalue weighted by molar-refractivity contribution is 6.00. The highest BCUT2D eigenvalue weighted by Crippen LogP contribution is 2.50. The van der Waals surface area contributed by atoms with Gasteiger partial charge in [0.2, 0.25) is 0 Å². The Kier molecular flexibility index (Phi) is 8.80. The maximum absolute atomic E-state index is 13.6. The third-order valence-electron chi connectivity index (χ3n) is 8.64. The van der Waals surface area contributed by atoms with Crippen molar-refractivity contribution >= 4 is 29.7 Å². The summed E-state index contributed by atoms with van der Waals surface area (Å²) < 4.78 is 18.2. The SMILES string of the molecule is O=C(/C=C/c1ccc(O)c(O)c1)CO[C@@]1(C(=O)O)C[C@@H](O)[C@H]2OCCC[C@]3(C(=O)/C=C/c4ccc(O)c(O)c4)CC[C@@H]1[C@H]2O3. The van der Waals surface area contributed by atoms with E-state index in [9.17, 15) is 45.0 Å². The van der Waals surface area contributed by atoms with Gasteiger partial charge in [0.25, 0.3) is 0 Å². The van der Waals surface area contributed by atoms with E-state index in [1.54, 1.807) is 0 Å². The Hall–Kier alpha value is -4.23. The Balaban J connectivity index is 1.36. The number of aliphatic hydroxyl groups is 1. The molecule has 2 heterocycles. The second kappa shape index (κ2) is 12.4. The first kappa shape index (κ1) is 31.2. The van der Waals surface area contributed by atoms with Crippen LogP contribution in [0.1, 0.15) is 43.2 Å². The molecule has 234 valence electrons. The number of ether oxygens (including phenoxy) is 3. The molecule has 0 amide bonds. The molecule has 6 atom stereocenters. The molecule has 3 aliphatic rings. The van der Waals surface area contributed by atoms with E-state index < -0.39 is 53.8 Å². The minimum atomic E-state index is -2.00. The maximum atomic E-state index is 13.6. The molecule has 44 heavy (non-hydrogen) atoms. The van der Waals surface area contributed by atoms with Crippen LogP contribution in [0, 0.1) is 5.92 Å². The molecule has 12 nitrogen and oxygen atoms in total. The summed E-state index contributed by atoms with van der Waals surface area (Å²) in [5.74, 6) is -4.49. The van der Waals surface area contributed by atoms with Gasteiger partial charge < -0.3 is 44.8 Å². The largest absolute Gasteiger partial charge is 0.504 e. The lowest BCUT2D eigenvalue weighted by Gasteiger charge is -2.56. The molecule has 6 N–H and O–H groups in total. The quantitative estimate of drug-likeness (QED) is 0.179. The topological polar surface area (TPSA) is 200 Å². The van der Waals surface area contributed by atoms with Crippen LogP contribution in [0.25, 0.3) is 12.2 Å². The second-order valence-electron chi connectivity index (χ2n) is 11.4. The lowest BCUT2D eigenvalue weighted by molar-refractivity contribution is -0.283. The van der Waals surface area contributed by atoms with Gasteiger partial charge in [0, 0.05) is 18.9 Å². The molecule has 12 heteroatoms. The van der Waals surface area contributed by atoms with E-state index in [-0.39, 0.29) is 54.7 Å². The summed E-state index contributed by atoms with van der Waals surface area (Å²) in [6, 6.07) is 8.11. The van der Waals surface area contributed by atoms with Crippen molar-refractivity contribution in [2.45, 2.75) is 61.6 Å². The Labute approximate surface area is 252 Å². The fourth-order valence-electron chi connectivity index (χ4n) is 6.34. The average molecular weight is 611 g/mol. The van der Waals surface area contributed by atoms with E-state index in [2.05, 4.69) is 0 Å². The minimum absolute atomic E-state index is 0.164. The molecular weight excluding hydrogens is 576 g/mol. The van der Waals surface area contributed by atoms with Gasteiger partial charge in [-0.15, -0.1) is 0 Å². The summed E-state index contributed by atoms with van der Waals surface area (Å²) in [5, 5.41) is 60.0. The number of phenols is 4. The van der Waals surface area contributed by atoms with Gasteiger partial charge in [0.05, 0.1) is 12.2 Å². The van der Waals surface area contributed by atoms with Crippen LogP contribution in [0.2, 0.25) is 0 Å². The van der Waals surface area contributed by atoms with Gasteiger partial charge in [-0.3, -0.25) is 9.59 Å². The van der Waals surface area contributed by atoms with Crippen LogP contribution >= 0.6 is 0 Å². The molecule has 5 rings (SSSR count). The molecule has 2 aliphatic heterocycles. The van der Waals surface area contributed by atoms with Gasteiger partial charge in [-0.05, 0) is 73.2 Å². The summed E-state index contributed by atoms with van der Waals surface area (Å²) in [5.41, 5.74) is -2.42. The number of carbonyl (C=O) groups is 3. The van der Waals surface area contributed by atoms with E-state index in [1.807, 2.05) is 0 Å². The predicted octanol–water partition coefficient (Wildman–Crippen LogP) is 2.69. The van der Waals surface area contributed by atoms with Crippen LogP contribution in [0.3, 0.4) is 0 Å². The van der Waals surface area contributed by atoms with E-state index in [1.165, 1.54) is 54.6 Å². The number of carboxylic acids is 1. The highest BCUT2D eigenvalue weighted by atomic mass is 16.6. The third kappa shape index (κ3) is 6.06. The standard InChI is InChI=1S/C32H34O12/c33-20(6-2-18-3-7-22(34)24(36)14-18)17-43-32(30(40)41)16-26(38)29-28-21(32)10-12-31(44-28,11-1-13-42-29)27(39)9-5-19-4-8-23(35)25(37)15-19/h2-9,14-15,21,26,28-29,34-38H,1,10-13,16-17H2,(H,40,41)/b6-2+,9-5+/t21-,26-,28-,29-,31-,32+/m1/s1. The molecule has 0 radical (unpaired) electrons. The highest BCUT2D eigenvalue weighted by Gasteiger charge is 2.64. The zero-order valence-corrected chi connectivity index (χ0v) is 23.7. The average Bonchev–Trinajstić information content (AvgIpc) is 2.98. The number of rotatable bonds is 9. The number of ketones is 2. The zero-order chi connectivity index (χ0) is 31.6. The summed E-state index contributed by atoms with van der Waals surface area (Å²) in [4.78, 5) is 39.1.